The zero-order chi connectivity index (χ0) is 18.7. The van der Waals surface area contributed by atoms with Crippen molar-refractivity contribution in [2.75, 3.05) is 0 Å². The lowest BCUT2D eigenvalue weighted by atomic mass is 9.87. The van der Waals surface area contributed by atoms with Gasteiger partial charge in [-0.25, -0.2) is 4.68 Å². The molecule has 1 amide bonds. The van der Waals surface area contributed by atoms with Crippen LogP contribution in [0, 0.1) is 19.8 Å². The first kappa shape index (κ1) is 18.7. The molecule has 0 bridgehead atoms. The normalized spacial score (nSPS) is 20.2. The summed E-state index contributed by atoms with van der Waals surface area (Å²) in [6, 6.07) is 8.13. The fourth-order valence-corrected chi connectivity index (χ4v) is 3.97. The SMILES string of the molecule is CCCc1c(C)nn(-c2ccc(C(=O)NC3CCC(C)CC3)cc2)c1C. The first-order valence-electron chi connectivity index (χ1n) is 9.96. The molecule has 1 aliphatic rings. The summed E-state index contributed by atoms with van der Waals surface area (Å²) in [6.45, 7) is 8.68. The van der Waals surface area contributed by atoms with E-state index in [0.29, 0.717) is 6.04 Å². The number of carbonyl (C=O) groups excluding carboxylic acids is 1. The van der Waals surface area contributed by atoms with Gasteiger partial charge in [-0.15, -0.1) is 0 Å². The summed E-state index contributed by atoms with van der Waals surface area (Å²) in [7, 11) is 0. The standard InChI is InChI=1S/C22H31N3O/c1-5-6-21-16(3)24-25(17(21)4)20-13-9-18(10-14-20)22(26)23-19-11-7-15(2)8-12-19/h9-10,13-15,19H,5-8,11-12H2,1-4H3,(H,23,26). The Morgan fingerprint density at radius 1 is 1.15 bits per heavy atom. The third-order valence-electron chi connectivity index (χ3n) is 5.67. The monoisotopic (exact) mass is 353 g/mol. The second-order valence-corrected chi connectivity index (χ2v) is 7.79. The third kappa shape index (κ3) is 4.00. The van der Waals surface area contributed by atoms with Gasteiger partial charge >= 0.3 is 0 Å². The number of amides is 1. The van der Waals surface area contributed by atoms with Crippen molar-refractivity contribution in [3.05, 3.63) is 46.8 Å². The number of rotatable bonds is 5. The first-order valence-corrected chi connectivity index (χ1v) is 9.96. The Bertz CT molecular complexity index is 752. The predicted molar refractivity (Wildman–Crippen MR) is 106 cm³/mol. The summed E-state index contributed by atoms with van der Waals surface area (Å²) >= 11 is 0. The fraction of sp³-hybridized carbons (Fsp3) is 0.545. The molecule has 1 saturated carbocycles. The summed E-state index contributed by atoms with van der Waals surface area (Å²) in [5, 5.41) is 7.89. The maximum Gasteiger partial charge on any atom is 0.251 e. The van der Waals surface area contributed by atoms with Gasteiger partial charge in [0.1, 0.15) is 0 Å². The predicted octanol–water partition coefficient (Wildman–Crippen LogP) is 4.75. The van der Waals surface area contributed by atoms with Gasteiger partial charge in [0, 0.05) is 17.3 Å². The summed E-state index contributed by atoms with van der Waals surface area (Å²) in [6.07, 6.45) is 6.78. The van der Waals surface area contributed by atoms with Crippen molar-refractivity contribution in [2.24, 2.45) is 5.92 Å². The van der Waals surface area contributed by atoms with Crippen molar-refractivity contribution in [1.82, 2.24) is 15.1 Å². The molecule has 26 heavy (non-hydrogen) atoms. The van der Waals surface area contributed by atoms with E-state index in [0.717, 1.165) is 48.5 Å². The lowest BCUT2D eigenvalue weighted by Crippen LogP contribution is -2.37. The number of nitrogens with one attached hydrogen (secondary N) is 1. The summed E-state index contributed by atoms with van der Waals surface area (Å²) in [4.78, 5) is 12.5. The Morgan fingerprint density at radius 3 is 2.42 bits per heavy atom. The van der Waals surface area contributed by atoms with Gasteiger partial charge in [0.2, 0.25) is 0 Å². The Morgan fingerprint density at radius 2 is 1.81 bits per heavy atom. The van der Waals surface area contributed by atoms with Gasteiger partial charge in [0.05, 0.1) is 11.4 Å². The van der Waals surface area contributed by atoms with E-state index < -0.39 is 0 Å². The molecule has 3 rings (SSSR count). The summed E-state index contributed by atoms with van der Waals surface area (Å²) in [5.41, 5.74) is 5.36. The highest BCUT2D eigenvalue weighted by molar-refractivity contribution is 5.94. The van der Waals surface area contributed by atoms with E-state index in [-0.39, 0.29) is 5.91 Å². The van der Waals surface area contributed by atoms with Gasteiger partial charge in [-0.1, -0.05) is 20.3 Å². The average molecular weight is 354 g/mol. The van der Waals surface area contributed by atoms with E-state index in [4.69, 9.17) is 5.10 Å². The molecule has 4 heteroatoms. The highest BCUT2D eigenvalue weighted by atomic mass is 16.1. The van der Waals surface area contributed by atoms with E-state index >= 15 is 0 Å². The molecule has 1 heterocycles. The molecule has 0 spiro atoms. The molecule has 0 aliphatic heterocycles. The minimum Gasteiger partial charge on any atom is -0.349 e. The van der Waals surface area contributed by atoms with Crippen LogP contribution in [0.15, 0.2) is 24.3 Å². The van der Waals surface area contributed by atoms with Crippen LogP contribution in [0.25, 0.3) is 5.69 Å². The zero-order valence-corrected chi connectivity index (χ0v) is 16.5. The third-order valence-corrected chi connectivity index (χ3v) is 5.67. The van der Waals surface area contributed by atoms with Gasteiger partial charge in [0.25, 0.3) is 5.91 Å². The van der Waals surface area contributed by atoms with Gasteiger partial charge in [0.15, 0.2) is 0 Å². The second-order valence-electron chi connectivity index (χ2n) is 7.79. The van der Waals surface area contributed by atoms with E-state index in [1.165, 1.54) is 24.1 Å². The maximum absolute atomic E-state index is 12.5. The molecule has 2 aromatic rings. The van der Waals surface area contributed by atoms with E-state index in [1.807, 2.05) is 28.9 Å². The molecule has 0 unspecified atom stereocenters. The molecule has 4 nitrogen and oxygen atoms in total. The molecular weight excluding hydrogens is 322 g/mol. The smallest absolute Gasteiger partial charge is 0.251 e. The molecule has 1 aliphatic carbocycles. The number of carbonyl (C=O) groups is 1. The van der Waals surface area contributed by atoms with Gasteiger partial charge in [-0.05, 0) is 81.7 Å². The number of hydrogen-bond acceptors (Lipinski definition) is 2. The van der Waals surface area contributed by atoms with Gasteiger partial charge in [-0.3, -0.25) is 4.79 Å². The Balaban J connectivity index is 1.70. The van der Waals surface area contributed by atoms with Crippen LogP contribution >= 0.6 is 0 Å². The molecule has 1 aromatic carbocycles. The first-order chi connectivity index (χ1) is 12.5. The minimum absolute atomic E-state index is 0.0381. The number of aryl methyl sites for hydroxylation is 1. The lowest BCUT2D eigenvalue weighted by molar-refractivity contribution is 0.0923. The molecule has 0 radical (unpaired) electrons. The summed E-state index contributed by atoms with van der Waals surface area (Å²) in [5.74, 6) is 0.831. The van der Waals surface area contributed by atoms with Gasteiger partial charge < -0.3 is 5.32 Å². The number of benzene rings is 1. The lowest BCUT2D eigenvalue weighted by Gasteiger charge is -2.26. The van der Waals surface area contributed by atoms with Crippen LogP contribution in [0.4, 0.5) is 0 Å². The van der Waals surface area contributed by atoms with E-state index in [1.54, 1.807) is 0 Å². The molecule has 1 aromatic heterocycles. The van der Waals surface area contributed by atoms with Crippen LogP contribution < -0.4 is 5.32 Å². The molecule has 1 fully saturated rings. The number of nitrogens with zero attached hydrogens (tertiary/aromatic N) is 2. The van der Waals surface area contributed by atoms with Crippen LogP contribution in [0.5, 0.6) is 0 Å². The quantitative estimate of drug-likeness (QED) is 0.843. The average Bonchev–Trinajstić information content (AvgIpc) is 2.92. The minimum atomic E-state index is 0.0381. The van der Waals surface area contributed by atoms with Crippen molar-refractivity contribution >= 4 is 5.91 Å². The largest absolute Gasteiger partial charge is 0.349 e. The maximum atomic E-state index is 12.5. The van der Waals surface area contributed by atoms with Crippen molar-refractivity contribution in [3.8, 4) is 5.69 Å². The van der Waals surface area contributed by atoms with Crippen molar-refractivity contribution in [1.29, 1.82) is 0 Å². The topological polar surface area (TPSA) is 46.9 Å². The van der Waals surface area contributed by atoms with Crippen LogP contribution in [0.3, 0.4) is 0 Å². The Labute approximate surface area is 157 Å². The second kappa shape index (κ2) is 8.07. The van der Waals surface area contributed by atoms with Crippen LogP contribution in [-0.4, -0.2) is 21.7 Å². The molecule has 0 saturated heterocycles. The van der Waals surface area contributed by atoms with Crippen LogP contribution in [0.2, 0.25) is 0 Å². The van der Waals surface area contributed by atoms with Crippen molar-refractivity contribution in [3.63, 3.8) is 0 Å². The number of hydrogen-bond donors (Lipinski definition) is 1. The van der Waals surface area contributed by atoms with E-state index in [2.05, 4.69) is 33.0 Å². The Kier molecular flexibility index (Phi) is 5.80. The molecule has 140 valence electrons. The van der Waals surface area contributed by atoms with Crippen molar-refractivity contribution in [2.45, 2.75) is 72.3 Å². The van der Waals surface area contributed by atoms with Crippen LogP contribution in [-0.2, 0) is 6.42 Å². The van der Waals surface area contributed by atoms with E-state index in [9.17, 15) is 4.79 Å². The highest BCUT2D eigenvalue weighted by Crippen LogP contribution is 2.24. The van der Waals surface area contributed by atoms with Crippen LogP contribution in [0.1, 0.15) is 73.3 Å². The summed E-state index contributed by atoms with van der Waals surface area (Å²) < 4.78 is 1.99. The molecular formula is C22H31N3O. The number of aromatic nitrogens is 2. The zero-order valence-electron chi connectivity index (χ0n) is 16.5. The van der Waals surface area contributed by atoms with Crippen molar-refractivity contribution < 1.29 is 4.79 Å². The molecule has 1 N–H and O–H groups in total. The molecule has 0 atom stereocenters. The Hall–Kier alpha value is -2.10. The van der Waals surface area contributed by atoms with Gasteiger partial charge in [-0.2, -0.15) is 5.10 Å². The fourth-order valence-electron chi connectivity index (χ4n) is 3.97. The highest BCUT2D eigenvalue weighted by Gasteiger charge is 2.20.